The molecule has 1 aliphatic carbocycles. The number of aliphatic hydroxyl groups excluding tert-OH is 7. The minimum Gasteiger partial charge on any atom is -0.462 e. The molecule has 0 saturated heterocycles. The van der Waals surface area contributed by atoms with E-state index in [1.165, 1.54) is 83.5 Å². The Morgan fingerprint density at radius 3 is 1.57 bits per heavy atom. The van der Waals surface area contributed by atoms with Crippen molar-refractivity contribution in [1.29, 1.82) is 0 Å². The fourth-order valence-electron chi connectivity index (χ4n) is 7.16. The number of carbonyl (C=O) groups is 2. The molecule has 16 heteroatoms. The van der Waals surface area contributed by atoms with E-state index in [1.54, 1.807) is 6.08 Å². The highest BCUT2D eigenvalue weighted by molar-refractivity contribution is 7.47. The molecule has 8 N–H and O–H groups in total. The second-order valence-corrected chi connectivity index (χ2v) is 18.3. The van der Waals surface area contributed by atoms with E-state index in [-0.39, 0.29) is 32.1 Å². The molecule has 0 spiro atoms. The van der Waals surface area contributed by atoms with Crippen LogP contribution in [0, 0.1) is 0 Å². The van der Waals surface area contributed by atoms with Gasteiger partial charge in [0.1, 0.15) is 43.2 Å². The third-order valence-corrected chi connectivity index (χ3v) is 12.2. The summed E-state index contributed by atoms with van der Waals surface area (Å²) in [7, 11) is -5.20. The van der Waals surface area contributed by atoms with Gasteiger partial charge in [0.15, 0.2) is 6.10 Å². The Kier molecular flexibility index (Phi) is 34.8. The Hall–Kier alpha value is -2.01. The van der Waals surface area contributed by atoms with Crippen molar-refractivity contribution < 1.29 is 73.3 Å². The van der Waals surface area contributed by atoms with Crippen LogP contribution in [-0.4, -0.2) is 121 Å². The van der Waals surface area contributed by atoms with Crippen LogP contribution in [0.2, 0.25) is 0 Å². The summed E-state index contributed by atoms with van der Waals surface area (Å²) >= 11 is 0. The molecule has 0 heterocycles. The minimum atomic E-state index is -5.20. The first-order chi connectivity index (χ1) is 30.2. The van der Waals surface area contributed by atoms with Crippen molar-refractivity contribution in [3.63, 3.8) is 0 Å². The van der Waals surface area contributed by atoms with E-state index in [0.717, 1.165) is 38.5 Å². The van der Waals surface area contributed by atoms with Crippen LogP contribution >= 0.6 is 7.82 Å². The van der Waals surface area contributed by atoms with Crippen LogP contribution in [0.1, 0.15) is 181 Å². The van der Waals surface area contributed by atoms with Crippen LogP contribution in [0.25, 0.3) is 0 Å². The third kappa shape index (κ3) is 29.3. The van der Waals surface area contributed by atoms with Crippen LogP contribution in [0.15, 0.2) is 36.5 Å². The number of carbonyl (C=O) groups excluding carboxylic acids is 2. The number of ether oxygens (including phenoxy) is 2. The largest absolute Gasteiger partial charge is 0.472 e. The summed E-state index contributed by atoms with van der Waals surface area (Å²) in [5, 5.41) is 71.0. The van der Waals surface area contributed by atoms with Crippen molar-refractivity contribution in [3.05, 3.63) is 36.5 Å². The Balaban J connectivity index is 2.56. The van der Waals surface area contributed by atoms with Gasteiger partial charge >= 0.3 is 19.8 Å². The number of rotatable bonds is 39. The number of unbranched alkanes of at least 4 members (excludes halogenated alkanes) is 17. The molecule has 1 aliphatic rings. The van der Waals surface area contributed by atoms with Crippen molar-refractivity contribution in [3.8, 4) is 0 Å². The molecule has 0 aromatic heterocycles. The first kappa shape index (κ1) is 59.0. The lowest BCUT2D eigenvalue weighted by molar-refractivity contribution is -0.220. The van der Waals surface area contributed by atoms with Crippen LogP contribution in [-0.2, 0) is 32.7 Å². The number of esters is 2. The van der Waals surface area contributed by atoms with Gasteiger partial charge < -0.3 is 50.1 Å². The second-order valence-electron chi connectivity index (χ2n) is 16.9. The lowest BCUT2D eigenvalue weighted by atomic mass is 9.85. The Labute approximate surface area is 377 Å². The molecule has 0 aromatic rings. The van der Waals surface area contributed by atoms with Crippen LogP contribution < -0.4 is 0 Å². The normalized spacial score (nSPS) is 23.0. The minimum absolute atomic E-state index is 0.0716. The second kappa shape index (κ2) is 37.1. The Bertz CT molecular complexity index is 1280. The first-order valence-corrected chi connectivity index (χ1v) is 25.5. The summed E-state index contributed by atoms with van der Waals surface area (Å²) in [5.41, 5.74) is 0. The van der Waals surface area contributed by atoms with Gasteiger partial charge in [0, 0.05) is 12.8 Å². The molecule has 1 rings (SSSR count). The highest BCUT2D eigenvalue weighted by Gasteiger charge is 2.51. The van der Waals surface area contributed by atoms with E-state index < -0.39 is 87.9 Å². The maximum Gasteiger partial charge on any atom is 0.472 e. The molecule has 0 bridgehead atoms. The van der Waals surface area contributed by atoms with E-state index in [4.69, 9.17) is 18.5 Å². The molecule has 10 atom stereocenters. The number of aliphatic hydroxyl groups is 7. The molecule has 5 unspecified atom stereocenters. The van der Waals surface area contributed by atoms with E-state index in [9.17, 15) is 54.8 Å². The summed E-state index contributed by atoms with van der Waals surface area (Å²) < 4.78 is 33.4. The zero-order chi connectivity index (χ0) is 46.7. The molecule has 0 amide bonds. The molecular formula is C47H85O15P. The fourth-order valence-corrected chi connectivity index (χ4v) is 8.13. The number of hydrogen-bond acceptors (Lipinski definition) is 14. The average Bonchev–Trinajstić information content (AvgIpc) is 3.26. The van der Waals surface area contributed by atoms with Crippen molar-refractivity contribution in [2.75, 3.05) is 13.2 Å². The number of allylic oxidation sites excluding steroid dienone is 5. The predicted octanol–water partition coefficient (Wildman–Crippen LogP) is 7.33. The Morgan fingerprint density at radius 1 is 0.556 bits per heavy atom. The summed E-state index contributed by atoms with van der Waals surface area (Å²) in [6.45, 7) is 3.03. The highest BCUT2D eigenvalue weighted by Crippen LogP contribution is 2.47. The van der Waals surface area contributed by atoms with Crippen LogP contribution in [0.4, 0.5) is 0 Å². The third-order valence-electron chi connectivity index (χ3n) is 11.2. The molecule has 1 fully saturated rings. The lowest BCUT2D eigenvalue weighted by Crippen LogP contribution is -2.64. The zero-order valence-corrected chi connectivity index (χ0v) is 39.2. The summed E-state index contributed by atoms with van der Waals surface area (Å²) in [6.07, 6.45) is 20.6. The summed E-state index contributed by atoms with van der Waals surface area (Å²) in [4.78, 5) is 35.8. The average molecular weight is 921 g/mol. The lowest BCUT2D eigenvalue weighted by Gasteiger charge is -2.41. The van der Waals surface area contributed by atoms with Gasteiger partial charge in [0.2, 0.25) is 0 Å². The van der Waals surface area contributed by atoms with Gasteiger partial charge in [-0.3, -0.25) is 18.6 Å². The van der Waals surface area contributed by atoms with E-state index in [0.29, 0.717) is 12.8 Å². The molecule has 0 radical (unpaired) electrons. The first-order valence-electron chi connectivity index (χ1n) is 24.0. The number of hydrogen-bond donors (Lipinski definition) is 8. The van der Waals surface area contributed by atoms with Gasteiger partial charge in [-0.05, 0) is 51.4 Å². The molecule has 0 aromatic carbocycles. The SMILES string of the molecule is CCCCC/C=C\C/C=C\C/C=C\CC(O)C(O)CCCC(=O)O[C@H](COC(=O)CCCCCCCCCCCCCCCCC)COP(=O)(O)OC1[C@H](O)[C@H](O)C(O)[C@H](O)[C@H]1O. The van der Waals surface area contributed by atoms with Crippen molar-refractivity contribution >= 4 is 19.8 Å². The van der Waals surface area contributed by atoms with Gasteiger partial charge in [0.05, 0.1) is 18.8 Å². The molecule has 0 aliphatic heterocycles. The van der Waals surface area contributed by atoms with Crippen LogP contribution in [0.3, 0.4) is 0 Å². The van der Waals surface area contributed by atoms with E-state index in [1.807, 2.05) is 12.2 Å². The van der Waals surface area contributed by atoms with Gasteiger partial charge in [-0.15, -0.1) is 0 Å². The van der Waals surface area contributed by atoms with Gasteiger partial charge in [-0.1, -0.05) is 153 Å². The zero-order valence-electron chi connectivity index (χ0n) is 38.3. The molecule has 15 nitrogen and oxygen atoms in total. The van der Waals surface area contributed by atoms with E-state index >= 15 is 0 Å². The maximum atomic E-state index is 12.8. The fraction of sp³-hybridized carbons (Fsp3) is 0.830. The quantitative estimate of drug-likeness (QED) is 0.0130. The predicted molar refractivity (Wildman–Crippen MR) is 242 cm³/mol. The van der Waals surface area contributed by atoms with Gasteiger partial charge in [-0.2, -0.15) is 0 Å². The van der Waals surface area contributed by atoms with Crippen molar-refractivity contribution in [2.45, 2.75) is 236 Å². The number of phosphoric acid groups is 1. The summed E-state index contributed by atoms with van der Waals surface area (Å²) in [5.74, 6) is -1.38. The Morgan fingerprint density at radius 2 is 1.02 bits per heavy atom. The highest BCUT2D eigenvalue weighted by atomic mass is 31.2. The van der Waals surface area contributed by atoms with Crippen LogP contribution in [0.5, 0.6) is 0 Å². The van der Waals surface area contributed by atoms with Gasteiger partial charge in [-0.25, -0.2) is 4.57 Å². The topological polar surface area (TPSA) is 250 Å². The molecule has 1 saturated carbocycles. The maximum absolute atomic E-state index is 12.8. The number of phosphoric ester groups is 1. The molecule has 63 heavy (non-hydrogen) atoms. The molecule has 368 valence electrons. The van der Waals surface area contributed by atoms with E-state index in [2.05, 4.69) is 32.1 Å². The van der Waals surface area contributed by atoms with Crippen molar-refractivity contribution in [2.24, 2.45) is 0 Å². The monoisotopic (exact) mass is 921 g/mol. The smallest absolute Gasteiger partial charge is 0.462 e. The standard InChI is InChI=1S/C47H85O15P/c1-3-5-7-9-11-13-15-17-18-19-21-23-25-27-29-33-40(50)59-35-37(36-60-63(57,58)62-47-45(55)43(53)42(52)44(54)46(47)56)61-41(51)34-30-32-39(49)38(48)31-28-26-24-22-20-16-14-12-10-8-6-4-2/h12,14,20,22,26,28,37-39,42-49,52-56H,3-11,13,15-19,21,23-25,27,29-36H2,1-2H3,(H,57,58)/b14-12-,22-20-,28-26-/t37-,38?,39?,42?,43-,44+,45-,46-,47?/m1/s1. The molecular weight excluding hydrogens is 835 g/mol. The van der Waals surface area contributed by atoms with Gasteiger partial charge in [0.25, 0.3) is 0 Å². The van der Waals surface area contributed by atoms with Crippen molar-refractivity contribution in [1.82, 2.24) is 0 Å². The summed E-state index contributed by atoms with van der Waals surface area (Å²) in [6, 6.07) is 0.